The van der Waals surface area contributed by atoms with Gasteiger partial charge in [0.1, 0.15) is 5.60 Å². The van der Waals surface area contributed by atoms with Crippen molar-refractivity contribution in [3.8, 4) is 0 Å². The van der Waals surface area contributed by atoms with Gasteiger partial charge >= 0.3 is 12.1 Å². The van der Waals surface area contributed by atoms with Crippen LogP contribution in [0.15, 0.2) is 23.2 Å². The van der Waals surface area contributed by atoms with Crippen LogP contribution in [0.2, 0.25) is 0 Å². The number of hydrogen-bond donors (Lipinski definition) is 1. The molecule has 1 unspecified atom stereocenters. The molecule has 0 fully saturated rings. The zero-order valence-electron chi connectivity index (χ0n) is 14.2. The van der Waals surface area contributed by atoms with Crippen molar-refractivity contribution in [3.05, 3.63) is 24.0 Å². The Hall–Kier alpha value is -1.76. The summed E-state index contributed by atoms with van der Waals surface area (Å²) in [6.07, 6.45) is 1.12. The molecule has 128 valence electrons. The van der Waals surface area contributed by atoms with E-state index in [1.165, 1.54) is 7.11 Å². The van der Waals surface area contributed by atoms with Crippen LogP contribution in [0.5, 0.6) is 0 Å². The van der Waals surface area contributed by atoms with Gasteiger partial charge in [-0.25, -0.2) is 4.79 Å². The first-order valence-electron chi connectivity index (χ1n) is 7.40. The molecule has 1 aromatic rings. The summed E-state index contributed by atoms with van der Waals surface area (Å²) < 4.78 is 9.92. The summed E-state index contributed by atoms with van der Waals surface area (Å²) in [5, 5.41) is 2.68. The molecule has 7 heteroatoms. The molecule has 0 saturated carbocycles. The van der Waals surface area contributed by atoms with Gasteiger partial charge in [-0.05, 0) is 38.7 Å². The number of rotatable bonds is 6. The van der Waals surface area contributed by atoms with Gasteiger partial charge in [-0.3, -0.25) is 9.78 Å². The molecule has 1 heterocycles. The third-order valence-corrected chi connectivity index (χ3v) is 3.58. The fourth-order valence-corrected chi connectivity index (χ4v) is 2.40. The van der Waals surface area contributed by atoms with E-state index in [1.54, 1.807) is 44.8 Å². The lowest BCUT2D eigenvalue weighted by Gasteiger charge is -2.23. The van der Waals surface area contributed by atoms with Gasteiger partial charge in [0, 0.05) is 11.1 Å². The van der Waals surface area contributed by atoms with E-state index in [0.717, 1.165) is 10.6 Å². The molecule has 1 aromatic heterocycles. The third kappa shape index (κ3) is 7.36. The number of aromatic nitrogens is 1. The first kappa shape index (κ1) is 19.3. The fraction of sp³-hybridized carbons (Fsp3) is 0.562. The lowest BCUT2D eigenvalue weighted by atomic mass is 10.1. The number of nitrogens with zero attached hydrogens (tertiary/aromatic N) is 1. The summed E-state index contributed by atoms with van der Waals surface area (Å²) in [5.74, 6) is 0.517. The Kier molecular flexibility index (Phi) is 7.35. The monoisotopic (exact) mass is 340 g/mol. The van der Waals surface area contributed by atoms with Crippen molar-refractivity contribution in [1.29, 1.82) is 0 Å². The van der Waals surface area contributed by atoms with Gasteiger partial charge in [-0.1, -0.05) is 6.92 Å². The highest BCUT2D eigenvalue weighted by Crippen LogP contribution is 2.21. The van der Waals surface area contributed by atoms with E-state index in [0.29, 0.717) is 5.69 Å². The third-order valence-electron chi connectivity index (χ3n) is 2.72. The molecule has 1 N–H and O–H groups in total. The van der Waals surface area contributed by atoms with Crippen molar-refractivity contribution < 1.29 is 19.1 Å². The summed E-state index contributed by atoms with van der Waals surface area (Å²) in [6, 6.07) is 3.11. The van der Waals surface area contributed by atoms with Crippen LogP contribution in [0.25, 0.3) is 0 Å². The number of carbonyl (C=O) groups is 2. The van der Waals surface area contributed by atoms with Gasteiger partial charge in [-0.2, -0.15) is 0 Å². The molecule has 0 spiro atoms. The lowest BCUT2D eigenvalue weighted by molar-refractivity contribution is -0.141. The molecule has 1 rings (SSSR count). The molecule has 1 amide bonds. The molecule has 0 bridgehead atoms. The maximum absolute atomic E-state index is 12.0. The lowest BCUT2D eigenvalue weighted by Crippen LogP contribution is -2.36. The van der Waals surface area contributed by atoms with Gasteiger partial charge in [0.05, 0.1) is 25.3 Å². The normalized spacial score (nSPS) is 12.4. The topological polar surface area (TPSA) is 77.5 Å². The van der Waals surface area contributed by atoms with Crippen LogP contribution in [0, 0.1) is 0 Å². The molecule has 6 nitrogen and oxygen atoms in total. The summed E-state index contributed by atoms with van der Waals surface area (Å²) in [7, 11) is 1.31. The second-order valence-corrected chi connectivity index (χ2v) is 7.17. The number of thioether (sulfide) groups is 1. The molecule has 1 atom stereocenters. The van der Waals surface area contributed by atoms with Crippen LogP contribution >= 0.6 is 11.8 Å². The Balaban J connectivity index is 2.87. The predicted octanol–water partition coefficient (Wildman–Crippen LogP) is 3.32. The number of hydrogen-bond acceptors (Lipinski definition) is 6. The Labute approximate surface area is 141 Å². The van der Waals surface area contributed by atoms with Gasteiger partial charge in [0.25, 0.3) is 0 Å². The van der Waals surface area contributed by atoms with E-state index in [4.69, 9.17) is 4.74 Å². The number of methoxy groups -OCH3 is 1. The molecule has 23 heavy (non-hydrogen) atoms. The van der Waals surface area contributed by atoms with Gasteiger partial charge in [0.2, 0.25) is 0 Å². The number of amides is 1. The fourth-order valence-electron chi connectivity index (χ4n) is 1.78. The Morgan fingerprint density at radius 2 is 2.04 bits per heavy atom. The Morgan fingerprint density at radius 1 is 1.35 bits per heavy atom. The molecule has 0 aliphatic heterocycles. The molecular weight excluding hydrogens is 316 g/mol. The van der Waals surface area contributed by atoms with Crippen LogP contribution in [0.1, 0.15) is 45.9 Å². The highest BCUT2D eigenvalue weighted by atomic mass is 32.2. The van der Waals surface area contributed by atoms with E-state index in [1.807, 2.05) is 6.07 Å². The quantitative estimate of drug-likeness (QED) is 0.632. The summed E-state index contributed by atoms with van der Waals surface area (Å²) >= 11 is 1.67. The zero-order chi connectivity index (χ0) is 17.5. The maximum Gasteiger partial charge on any atom is 0.408 e. The number of alkyl carbamates (subject to hydrolysis) is 1. The summed E-state index contributed by atoms with van der Waals surface area (Å²) in [6.45, 7) is 7.38. The summed E-state index contributed by atoms with van der Waals surface area (Å²) in [5.41, 5.74) is -0.0312. The second kappa shape index (κ2) is 8.76. The number of esters is 1. The van der Waals surface area contributed by atoms with Crippen molar-refractivity contribution in [1.82, 2.24) is 10.3 Å². The Bertz CT molecular complexity index is 526. The van der Waals surface area contributed by atoms with Crippen LogP contribution < -0.4 is 5.32 Å². The highest BCUT2D eigenvalue weighted by molar-refractivity contribution is 7.99. The maximum atomic E-state index is 12.0. The van der Waals surface area contributed by atoms with Crippen molar-refractivity contribution in [2.45, 2.75) is 50.7 Å². The van der Waals surface area contributed by atoms with Crippen LogP contribution in [0.4, 0.5) is 4.79 Å². The first-order chi connectivity index (χ1) is 10.7. The van der Waals surface area contributed by atoms with Crippen LogP contribution in [0.3, 0.4) is 0 Å². The Morgan fingerprint density at radius 3 is 2.52 bits per heavy atom. The molecule has 0 radical (unpaired) electrons. The SMILES string of the molecule is CCSc1ccc(C(CC(=O)OC)NC(=O)OC(C)(C)C)nc1. The smallest absolute Gasteiger partial charge is 0.408 e. The van der Waals surface area contributed by atoms with Gasteiger partial charge in [0.15, 0.2) is 0 Å². The van der Waals surface area contributed by atoms with Crippen molar-refractivity contribution in [3.63, 3.8) is 0 Å². The number of nitrogens with one attached hydrogen (secondary N) is 1. The average molecular weight is 340 g/mol. The van der Waals surface area contributed by atoms with Crippen LogP contribution in [-0.4, -0.2) is 35.5 Å². The van der Waals surface area contributed by atoms with E-state index < -0.39 is 23.7 Å². The number of pyridine rings is 1. The molecule has 0 aliphatic rings. The molecule has 0 saturated heterocycles. The van der Waals surface area contributed by atoms with Crippen molar-refractivity contribution in [2.24, 2.45) is 0 Å². The minimum absolute atomic E-state index is 0.0109. The molecule has 0 aromatic carbocycles. The standard InChI is InChI=1S/C16H24N2O4S/c1-6-23-11-7-8-12(17-10-11)13(9-14(19)21-5)18-15(20)22-16(2,3)4/h7-8,10,13H,6,9H2,1-5H3,(H,18,20). The average Bonchev–Trinajstić information content (AvgIpc) is 2.45. The van der Waals surface area contributed by atoms with Crippen LogP contribution in [-0.2, 0) is 14.3 Å². The van der Waals surface area contributed by atoms with E-state index >= 15 is 0 Å². The van der Waals surface area contributed by atoms with E-state index in [-0.39, 0.29) is 6.42 Å². The van der Waals surface area contributed by atoms with Gasteiger partial charge < -0.3 is 14.8 Å². The largest absolute Gasteiger partial charge is 0.469 e. The van der Waals surface area contributed by atoms with E-state index in [9.17, 15) is 9.59 Å². The molecular formula is C16H24N2O4S. The minimum atomic E-state index is -0.616. The van der Waals surface area contributed by atoms with E-state index in [2.05, 4.69) is 22.0 Å². The zero-order valence-corrected chi connectivity index (χ0v) is 15.0. The van der Waals surface area contributed by atoms with Crippen molar-refractivity contribution in [2.75, 3.05) is 12.9 Å². The van der Waals surface area contributed by atoms with Gasteiger partial charge in [-0.15, -0.1) is 11.8 Å². The van der Waals surface area contributed by atoms with Crippen molar-refractivity contribution >= 4 is 23.8 Å². The highest BCUT2D eigenvalue weighted by Gasteiger charge is 2.23. The second-order valence-electron chi connectivity index (χ2n) is 5.83. The number of ether oxygens (including phenoxy) is 2. The summed E-state index contributed by atoms with van der Waals surface area (Å²) in [4.78, 5) is 28.9. The predicted molar refractivity (Wildman–Crippen MR) is 89.4 cm³/mol. The molecule has 0 aliphatic carbocycles. The first-order valence-corrected chi connectivity index (χ1v) is 8.38. The number of carbonyl (C=O) groups excluding carboxylic acids is 2. The minimum Gasteiger partial charge on any atom is -0.469 e.